The lowest BCUT2D eigenvalue weighted by Gasteiger charge is -2.40. The largest absolute Gasteiger partial charge is 0.392 e. The van der Waals surface area contributed by atoms with Crippen LogP contribution in [0.5, 0.6) is 0 Å². The van der Waals surface area contributed by atoms with Crippen molar-refractivity contribution in [2.24, 2.45) is 23.7 Å². The molecule has 1 aromatic rings. The zero-order valence-corrected chi connectivity index (χ0v) is 11.2. The summed E-state index contributed by atoms with van der Waals surface area (Å²) in [6, 6.07) is 8.31. The Morgan fingerprint density at radius 2 is 1.63 bits per heavy atom. The predicted octanol–water partition coefficient (Wildman–Crippen LogP) is 2.83. The van der Waals surface area contributed by atoms with E-state index >= 15 is 0 Å². The molecule has 0 spiro atoms. The van der Waals surface area contributed by atoms with E-state index in [4.69, 9.17) is 0 Å². The molecule has 5 rings (SSSR count). The topological polar surface area (TPSA) is 23.5 Å². The second-order valence-electron chi connectivity index (χ2n) is 6.31. The Hall–Kier alpha value is -1.28. The molecule has 4 atom stereocenters. The van der Waals surface area contributed by atoms with Crippen molar-refractivity contribution < 1.29 is 5.11 Å². The minimum absolute atomic E-state index is 0.146. The average Bonchev–Trinajstić information content (AvgIpc) is 2.95. The summed E-state index contributed by atoms with van der Waals surface area (Å²) in [5.41, 5.74) is 2.32. The second-order valence-corrected chi connectivity index (χ2v) is 6.31. The van der Waals surface area contributed by atoms with Crippen LogP contribution in [0.25, 0.3) is 0 Å². The molecule has 1 heterocycles. The van der Waals surface area contributed by atoms with Crippen LogP contribution in [0, 0.1) is 23.7 Å². The van der Waals surface area contributed by atoms with E-state index in [1.807, 2.05) is 12.1 Å². The van der Waals surface area contributed by atoms with Gasteiger partial charge in [-0.3, -0.25) is 0 Å². The first-order chi connectivity index (χ1) is 9.36. The monoisotopic (exact) mass is 255 g/mol. The Bertz CT molecular complexity index is 488. The number of benzene rings is 1. The van der Waals surface area contributed by atoms with E-state index in [9.17, 15) is 5.11 Å². The molecule has 0 amide bonds. The SMILES string of the molecule is OCc1ccccc1N1CC2C3C=CC(CC3)C2C1. The van der Waals surface area contributed by atoms with E-state index in [0.717, 1.165) is 29.2 Å². The van der Waals surface area contributed by atoms with Crippen LogP contribution in [0.15, 0.2) is 36.4 Å². The summed E-state index contributed by atoms with van der Waals surface area (Å²) in [5.74, 6) is 3.30. The van der Waals surface area contributed by atoms with Crippen molar-refractivity contribution in [2.45, 2.75) is 19.4 Å². The zero-order chi connectivity index (χ0) is 12.8. The van der Waals surface area contributed by atoms with Crippen molar-refractivity contribution in [1.82, 2.24) is 0 Å². The highest BCUT2D eigenvalue weighted by atomic mass is 16.3. The van der Waals surface area contributed by atoms with Gasteiger partial charge in [-0.15, -0.1) is 0 Å². The van der Waals surface area contributed by atoms with Crippen molar-refractivity contribution in [3.63, 3.8) is 0 Å². The first-order valence-corrected chi connectivity index (χ1v) is 7.49. The molecule has 2 fully saturated rings. The van der Waals surface area contributed by atoms with Gasteiger partial charge in [0.05, 0.1) is 6.61 Å². The molecule has 0 aromatic heterocycles. The molecule has 1 N–H and O–H groups in total. The summed E-state index contributed by atoms with van der Waals surface area (Å²) in [4.78, 5) is 2.51. The number of allylic oxidation sites excluding steroid dienone is 2. The van der Waals surface area contributed by atoms with Gasteiger partial charge in [0.15, 0.2) is 0 Å². The Morgan fingerprint density at radius 1 is 1.00 bits per heavy atom. The van der Waals surface area contributed by atoms with Crippen molar-refractivity contribution in [1.29, 1.82) is 0 Å². The minimum Gasteiger partial charge on any atom is -0.392 e. The van der Waals surface area contributed by atoms with Gasteiger partial charge in [-0.2, -0.15) is 0 Å². The summed E-state index contributed by atoms with van der Waals surface area (Å²) in [6.45, 7) is 2.49. The minimum atomic E-state index is 0.146. The Morgan fingerprint density at radius 3 is 2.21 bits per heavy atom. The fraction of sp³-hybridized carbons (Fsp3) is 0.529. The molecule has 2 bridgehead atoms. The van der Waals surface area contributed by atoms with Gasteiger partial charge in [0.2, 0.25) is 0 Å². The molecule has 4 aliphatic rings. The Labute approximate surface area is 114 Å². The molecule has 19 heavy (non-hydrogen) atoms. The molecule has 100 valence electrons. The van der Waals surface area contributed by atoms with Gasteiger partial charge in [-0.25, -0.2) is 0 Å². The number of aliphatic hydroxyl groups excluding tert-OH is 1. The van der Waals surface area contributed by atoms with Crippen LogP contribution >= 0.6 is 0 Å². The quantitative estimate of drug-likeness (QED) is 0.821. The molecular weight excluding hydrogens is 234 g/mol. The molecular formula is C17H21NO. The first kappa shape index (κ1) is 11.5. The van der Waals surface area contributed by atoms with Crippen molar-refractivity contribution >= 4 is 5.69 Å². The summed E-state index contributed by atoms with van der Waals surface area (Å²) < 4.78 is 0. The van der Waals surface area contributed by atoms with Crippen LogP contribution < -0.4 is 4.90 Å². The molecule has 4 unspecified atom stereocenters. The molecule has 2 nitrogen and oxygen atoms in total. The number of rotatable bonds is 2. The van der Waals surface area contributed by atoms with Crippen LogP contribution in [0.2, 0.25) is 0 Å². The maximum absolute atomic E-state index is 9.51. The van der Waals surface area contributed by atoms with E-state index in [1.165, 1.54) is 31.6 Å². The first-order valence-electron chi connectivity index (χ1n) is 7.49. The number of hydrogen-bond acceptors (Lipinski definition) is 2. The summed E-state index contributed by atoms with van der Waals surface area (Å²) in [5, 5.41) is 9.51. The van der Waals surface area contributed by atoms with E-state index in [-0.39, 0.29) is 6.61 Å². The normalized spacial score (nSPS) is 35.7. The average molecular weight is 255 g/mol. The highest BCUT2D eigenvalue weighted by molar-refractivity contribution is 5.54. The lowest BCUT2D eigenvalue weighted by Crippen LogP contribution is -2.35. The molecule has 1 saturated heterocycles. The van der Waals surface area contributed by atoms with E-state index < -0.39 is 0 Å². The standard InChI is InChI=1S/C17H21NO/c19-11-14-3-1-2-4-17(14)18-9-15-12-5-6-13(8-7-12)16(15)10-18/h1-6,12-13,15-16,19H,7-11H2. The molecule has 2 heteroatoms. The van der Waals surface area contributed by atoms with Gasteiger partial charge >= 0.3 is 0 Å². The van der Waals surface area contributed by atoms with Gasteiger partial charge in [0.25, 0.3) is 0 Å². The maximum atomic E-state index is 9.51. The molecule has 1 aromatic carbocycles. The van der Waals surface area contributed by atoms with E-state index in [2.05, 4.69) is 29.2 Å². The van der Waals surface area contributed by atoms with Crippen LogP contribution in [0.3, 0.4) is 0 Å². The van der Waals surface area contributed by atoms with Gasteiger partial charge in [0, 0.05) is 24.3 Å². The third-order valence-corrected chi connectivity index (χ3v) is 5.45. The highest BCUT2D eigenvalue weighted by Gasteiger charge is 2.46. The number of para-hydroxylation sites is 1. The van der Waals surface area contributed by atoms with Gasteiger partial charge in [-0.05, 0) is 42.6 Å². The fourth-order valence-electron chi connectivity index (χ4n) is 4.49. The van der Waals surface area contributed by atoms with Gasteiger partial charge in [0.1, 0.15) is 0 Å². The zero-order valence-electron chi connectivity index (χ0n) is 11.2. The Balaban J connectivity index is 1.63. The molecule has 1 aliphatic heterocycles. The number of anilines is 1. The fourth-order valence-corrected chi connectivity index (χ4v) is 4.49. The number of fused-ring (bicyclic) bond motifs is 1. The predicted molar refractivity (Wildman–Crippen MR) is 76.9 cm³/mol. The second kappa shape index (κ2) is 4.38. The van der Waals surface area contributed by atoms with E-state index in [1.54, 1.807) is 0 Å². The maximum Gasteiger partial charge on any atom is 0.0702 e. The number of nitrogens with zero attached hydrogens (tertiary/aromatic N) is 1. The smallest absolute Gasteiger partial charge is 0.0702 e. The number of hydrogen-bond donors (Lipinski definition) is 1. The summed E-state index contributed by atoms with van der Waals surface area (Å²) in [6.07, 6.45) is 7.71. The van der Waals surface area contributed by atoms with Crippen LogP contribution in [0.1, 0.15) is 18.4 Å². The van der Waals surface area contributed by atoms with Crippen molar-refractivity contribution in [2.75, 3.05) is 18.0 Å². The molecule has 0 radical (unpaired) electrons. The van der Waals surface area contributed by atoms with Crippen LogP contribution in [-0.4, -0.2) is 18.2 Å². The van der Waals surface area contributed by atoms with Crippen LogP contribution in [0.4, 0.5) is 5.69 Å². The van der Waals surface area contributed by atoms with Gasteiger partial charge in [-0.1, -0.05) is 30.4 Å². The molecule has 1 saturated carbocycles. The van der Waals surface area contributed by atoms with Crippen LogP contribution in [-0.2, 0) is 6.61 Å². The lowest BCUT2D eigenvalue weighted by atomic mass is 9.64. The van der Waals surface area contributed by atoms with Crippen molar-refractivity contribution in [3.05, 3.63) is 42.0 Å². The third kappa shape index (κ3) is 1.73. The highest BCUT2D eigenvalue weighted by Crippen LogP contribution is 2.49. The Kier molecular flexibility index (Phi) is 2.66. The molecule has 3 aliphatic carbocycles. The van der Waals surface area contributed by atoms with E-state index in [0.29, 0.717) is 0 Å². The third-order valence-electron chi connectivity index (χ3n) is 5.45. The number of aliphatic hydroxyl groups is 1. The summed E-state index contributed by atoms with van der Waals surface area (Å²) in [7, 11) is 0. The van der Waals surface area contributed by atoms with Crippen molar-refractivity contribution in [3.8, 4) is 0 Å². The summed E-state index contributed by atoms with van der Waals surface area (Å²) >= 11 is 0. The lowest BCUT2D eigenvalue weighted by molar-refractivity contribution is 0.169. The van der Waals surface area contributed by atoms with Gasteiger partial charge < -0.3 is 10.0 Å².